The Labute approximate surface area is 111 Å². The Hall–Kier alpha value is -0.890. The van der Waals surface area contributed by atoms with Crippen LogP contribution in [0.5, 0.6) is 5.75 Å². The minimum atomic E-state index is 0. The number of ether oxygens (including phenoxy) is 1. The van der Waals surface area contributed by atoms with Crippen molar-refractivity contribution in [3.63, 3.8) is 0 Å². The Morgan fingerprint density at radius 2 is 1.47 bits per heavy atom. The second kappa shape index (κ2) is 6.75. The Morgan fingerprint density at radius 3 is 1.76 bits per heavy atom. The minimum absolute atomic E-state index is 0. The molecule has 0 aromatic heterocycles. The topological polar surface area (TPSA) is 35.2 Å². The first-order valence-corrected chi connectivity index (χ1v) is 6.03. The Balaban J connectivity index is 0.00000256. The van der Waals surface area contributed by atoms with E-state index in [2.05, 4.69) is 27.7 Å². The molecule has 0 fully saturated rings. The maximum Gasteiger partial charge on any atom is 0.126 e. The summed E-state index contributed by atoms with van der Waals surface area (Å²) in [5.41, 5.74) is 9.20. The molecule has 1 aromatic carbocycles. The van der Waals surface area contributed by atoms with Crippen LogP contribution in [0.15, 0.2) is 12.1 Å². The Morgan fingerprint density at radius 1 is 1.06 bits per heavy atom. The molecule has 0 unspecified atom stereocenters. The molecule has 0 radical (unpaired) electrons. The zero-order valence-corrected chi connectivity index (χ0v) is 12.2. The van der Waals surface area contributed by atoms with E-state index < -0.39 is 0 Å². The third kappa shape index (κ3) is 3.81. The second-order valence-electron chi connectivity index (χ2n) is 4.77. The van der Waals surface area contributed by atoms with Crippen LogP contribution >= 0.6 is 12.4 Å². The maximum atomic E-state index is 5.94. The van der Waals surface area contributed by atoms with Crippen molar-refractivity contribution in [3.8, 4) is 5.75 Å². The molecule has 0 aliphatic carbocycles. The van der Waals surface area contributed by atoms with Gasteiger partial charge in [0.1, 0.15) is 5.75 Å². The van der Waals surface area contributed by atoms with Crippen molar-refractivity contribution in [2.45, 2.75) is 46.5 Å². The van der Waals surface area contributed by atoms with Crippen molar-refractivity contribution < 1.29 is 4.74 Å². The summed E-state index contributed by atoms with van der Waals surface area (Å²) >= 11 is 0. The molecule has 0 saturated carbocycles. The minimum Gasteiger partial charge on any atom is -0.493 e. The van der Waals surface area contributed by atoms with E-state index in [1.807, 2.05) is 19.1 Å². The van der Waals surface area contributed by atoms with Crippen LogP contribution in [0.25, 0.3) is 0 Å². The van der Waals surface area contributed by atoms with E-state index in [9.17, 15) is 0 Å². The van der Waals surface area contributed by atoms with Gasteiger partial charge in [-0.1, -0.05) is 27.7 Å². The molecule has 0 spiro atoms. The molecule has 0 saturated heterocycles. The molecule has 0 heterocycles. The van der Waals surface area contributed by atoms with Crippen LogP contribution in [0.2, 0.25) is 0 Å². The molecule has 1 rings (SSSR count). The monoisotopic (exact) mass is 257 g/mol. The van der Waals surface area contributed by atoms with E-state index in [4.69, 9.17) is 10.5 Å². The highest BCUT2D eigenvalue weighted by molar-refractivity contribution is 5.85. The molecule has 2 N–H and O–H groups in total. The van der Waals surface area contributed by atoms with Gasteiger partial charge >= 0.3 is 0 Å². The molecule has 3 heteroatoms. The van der Waals surface area contributed by atoms with Gasteiger partial charge in [-0.25, -0.2) is 0 Å². The summed E-state index contributed by atoms with van der Waals surface area (Å²) in [6.07, 6.45) is 0. The fourth-order valence-corrected chi connectivity index (χ4v) is 1.87. The molecule has 2 nitrogen and oxygen atoms in total. The molecule has 0 aliphatic rings. The number of hydrogen-bond acceptors (Lipinski definition) is 2. The van der Waals surface area contributed by atoms with Gasteiger partial charge in [0.25, 0.3) is 0 Å². The summed E-state index contributed by atoms with van der Waals surface area (Å²) in [5, 5.41) is 0. The van der Waals surface area contributed by atoms with Gasteiger partial charge in [0, 0.05) is 5.69 Å². The van der Waals surface area contributed by atoms with Crippen molar-refractivity contribution in [1.29, 1.82) is 0 Å². The van der Waals surface area contributed by atoms with Crippen LogP contribution in [0.3, 0.4) is 0 Å². The normalized spacial score (nSPS) is 10.5. The lowest BCUT2D eigenvalue weighted by Crippen LogP contribution is -2.05. The van der Waals surface area contributed by atoms with E-state index in [1.54, 1.807) is 0 Å². The van der Waals surface area contributed by atoms with E-state index >= 15 is 0 Å². The summed E-state index contributed by atoms with van der Waals surface area (Å²) < 4.78 is 5.79. The lowest BCUT2D eigenvalue weighted by Gasteiger charge is -2.20. The summed E-state index contributed by atoms with van der Waals surface area (Å²) in [7, 11) is 0. The van der Waals surface area contributed by atoms with Gasteiger partial charge < -0.3 is 10.5 Å². The zero-order chi connectivity index (χ0) is 12.3. The van der Waals surface area contributed by atoms with E-state index in [1.165, 1.54) is 11.1 Å². The third-order valence-electron chi connectivity index (χ3n) is 2.70. The number of rotatable bonds is 4. The van der Waals surface area contributed by atoms with Crippen LogP contribution in [-0.2, 0) is 0 Å². The number of nitrogen functional groups attached to an aromatic ring is 1. The highest BCUT2D eigenvalue weighted by Crippen LogP contribution is 2.36. The molecular weight excluding hydrogens is 234 g/mol. The number of nitrogens with two attached hydrogens (primary N) is 1. The number of anilines is 1. The number of halogens is 1. The Bertz CT molecular complexity index is 332. The standard InChI is InChI=1S/C14H23NO.ClH/c1-6-16-14-12(9(2)3)7-11(15)8-13(14)10(4)5;/h7-10H,6,15H2,1-5H3;1H. The molecule has 0 aliphatic heterocycles. The molecule has 0 atom stereocenters. The SMILES string of the molecule is CCOc1c(C(C)C)cc(N)cc1C(C)C.Cl. The average Bonchev–Trinajstić information content (AvgIpc) is 2.19. The summed E-state index contributed by atoms with van der Waals surface area (Å²) in [6, 6.07) is 4.06. The van der Waals surface area contributed by atoms with Crippen LogP contribution in [-0.4, -0.2) is 6.61 Å². The molecular formula is C14H24ClNO. The highest BCUT2D eigenvalue weighted by Gasteiger charge is 2.16. The van der Waals surface area contributed by atoms with Crippen LogP contribution < -0.4 is 10.5 Å². The van der Waals surface area contributed by atoms with Crippen molar-refractivity contribution in [2.24, 2.45) is 0 Å². The van der Waals surface area contributed by atoms with Gasteiger partial charge in [0.2, 0.25) is 0 Å². The first-order chi connectivity index (χ1) is 7.47. The quantitative estimate of drug-likeness (QED) is 0.815. The Kier molecular flexibility index (Phi) is 6.40. The lowest BCUT2D eigenvalue weighted by atomic mass is 9.93. The third-order valence-corrected chi connectivity index (χ3v) is 2.70. The van der Waals surface area contributed by atoms with Crippen LogP contribution in [0, 0.1) is 0 Å². The fraction of sp³-hybridized carbons (Fsp3) is 0.571. The predicted octanol–water partition coefficient (Wildman–Crippen LogP) is 4.34. The van der Waals surface area contributed by atoms with Crippen molar-refractivity contribution in [2.75, 3.05) is 12.3 Å². The molecule has 1 aromatic rings. The van der Waals surface area contributed by atoms with Gasteiger partial charge in [-0.3, -0.25) is 0 Å². The zero-order valence-electron chi connectivity index (χ0n) is 11.4. The van der Waals surface area contributed by atoms with Crippen molar-refractivity contribution in [3.05, 3.63) is 23.3 Å². The molecule has 98 valence electrons. The lowest BCUT2D eigenvalue weighted by molar-refractivity contribution is 0.330. The first kappa shape index (κ1) is 16.1. The van der Waals surface area contributed by atoms with Crippen molar-refractivity contribution in [1.82, 2.24) is 0 Å². The summed E-state index contributed by atoms with van der Waals surface area (Å²) in [4.78, 5) is 0. The average molecular weight is 258 g/mol. The summed E-state index contributed by atoms with van der Waals surface area (Å²) in [5.74, 6) is 1.90. The predicted molar refractivity (Wildman–Crippen MR) is 77.4 cm³/mol. The van der Waals surface area contributed by atoms with Crippen LogP contribution in [0.4, 0.5) is 5.69 Å². The van der Waals surface area contributed by atoms with E-state index in [0.29, 0.717) is 18.4 Å². The first-order valence-electron chi connectivity index (χ1n) is 6.03. The molecule has 0 amide bonds. The van der Waals surface area contributed by atoms with E-state index in [0.717, 1.165) is 11.4 Å². The van der Waals surface area contributed by atoms with Crippen molar-refractivity contribution >= 4 is 18.1 Å². The fourth-order valence-electron chi connectivity index (χ4n) is 1.87. The maximum absolute atomic E-state index is 5.94. The molecule has 0 bridgehead atoms. The number of benzene rings is 1. The number of hydrogen-bond donors (Lipinski definition) is 1. The van der Waals surface area contributed by atoms with Crippen LogP contribution in [0.1, 0.15) is 57.6 Å². The smallest absolute Gasteiger partial charge is 0.126 e. The van der Waals surface area contributed by atoms with Gasteiger partial charge in [-0.2, -0.15) is 0 Å². The molecule has 17 heavy (non-hydrogen) atoms. The largest absolute Gasteiger partial charge is 0.493 e. The summed E-state index contributed by atoms with van der Waals surface area (Å²) in [6.45, 7) is 11.4. The van der Waals surface area contributed by atoms with Gasteiger partial charge in [0.15, 0.2) is 0 Å². The highest BCUT2D eigenvalue weighted by atomic mass is 35.5. The van der Waals surface area contributed by atoms with Gasteiger partial charge in [-0.15, -0.1) is 12.4 Å². The second-order valence-corrected chi connectivity index (χ2v) is 4.77. The van der Waals surface area contributed by atoms with Gasteiger partial charge in [0.05, 0.1) is 6.61 Å². The van der Waals surface area contributed by atoms with E-state index in [-0.39, 0.29) is 12.4 Å². The van der Waals surface area contributed by atoms with Gasteiger partial charge in [-0.05, 0) is 42.0 Å².